The van der Waals surface area contributed by atoms with Gasteiger partial charge in [0.05, 0.1) is 17.4 Å². The highest BCUT2D eigenvalue weighted by Gasteiger charge is 2.39. The minimum atomic E-state index is -0.383. The van der Waals surface area contributed by atoms with Crippen molar-refractivity contribution in [2.24, 2.45) is 0 Å². The van der Waals surface area contributed by atoms with E-state index in [1.807, 2.05) is 12.1 Å². The van der Waals surface area contributed by atoms with E-state index in [1.165, 1.54) is 30.6 Å². The number of hydrogen-bond acceptors (Lipinski definition) is 10. The number of imide groups is 1. The van der Waals surface area contributed by atoms with Gasteiger partial charge in [-0.2, -0.15) is 10.5 Å². The second-order valence-electron chi connectivity index (χ2n) is 4.39. The topological polar surface area (TPSA) is 120 Å². The van der Waals surface area contributed by atoms with E-state index >= 15 is 0 Å². The molecule has 0 spiro atoms. The Balaban J connectivity index is 1.91. The highest BCUT2D eigenvalue weighted by molar-refractivity contribution is 8.27. The van der Waals surface area contributed by atoms with Gasteiger partial charge in [-0.15, -0.1) is 0 Å². The molecule has 0 aromatic carbocycles. The average Bonchev–Trinajstić information content (AvgIpc) is 3.12. The molecule has 1 saturated heterocycles. The highest BCUT2D eigenvalue weighted by atomic mass is 32.2. The van der Waals surface area contributed by atoms with Crippen molar-refractivity contribution in [3.05, 3.63) is 20.5 Å². The number of methoxy groups -OCH3 is 1. The van der Waals surface area contributed by atoms with Crippen LogP contribution in [0.4, 0.5) is 4.79 Å². The van der Waals surface area contributed by atoms with Crippen molar-refractivity contribution in [1.29, 1.82) is 10.5 Å². The van der Waals surface area contributed by atoms with Crippen molar-refractivity contribution in [2.45, 2.75) is 10.1 Å². The average molecular weight is 377 g/mol. The van der Waals surface area contributed by atoms with E-state index in [2.05, 4.69) is 9.97 Å². The molecular formula is C13H7N5O3S3. The Kier molecular flexibility index (Phi) is 4.78. The Morgan fingerprint density at radius 1 is 1.08 bits per heavy atom. The summed E-state index contributed by atoms with van der Waals surface area (Å²) in [4.78, 5) is 34.0. The smallest absolute Gasteiger partial charge is 0.293 e. The number of carbonyl (C=O) groups is 2. The summed E-state index contributed by atoms with van der Waals surface area (Å²) in [5.74, 6) is -0.383. The third-order valence-corrected chi connectivity index (χ3v) is 6.58. The Morgan fingerprint density at radius 3 is 2.17 bits per heavy atom. The van der Waals surface area contributed by atoms with E-state index in [9.17, 15) is 9.59 Å². The minimum Gasteiger partial charge on any atom is -0.383 e. The normalized spacial score (nSPS) is 16.4. The van der Waals surface area contributed by atoms with Gasteiger partial charge in [-0.05, 0) is 11.8 Å². The quantitative estimate of drug-likeness (QED) is 0.722. The molecule has 2 aliphatic rings. The van der Waals surface area contributed by atoms with Crippen molar-refractivity contribution in [3.63, 3.8) is 0 Å². The van der Waals surface area contributed by atoms with Crippen LogP contribution in [0, 0.1) is 22.7 Å². The first-order valence-corrected chi connectivity index (χ1v) is 8.88. The number of ether oxygens (including phenoxy) is 1. The van der Waals surface area contributed by atoms with Gasteiger partial charge in [0.15, 0.2) is 11.4 Å². The van der Waals surface area contributed by atoms with Crippen LogP contribution in [0.1, 0.15) is 11.4 Å². The van der Waals surface area contributed by atoms with Gasteiger partial charge < -0.3 is 4.74 Å². The lowest BCUT2D eigenvalue weighted by molar-refractivity contribution is -0.123. The van der Waals surface area contributed by atoms with Crippen molar-refractivity contribution in [3.8, 4) is 12.1 Å². The molecule has 3 rings (SSSR count). The number of fused-ring (bicyclic) bond motifs is 1. The molecule has 0 unspecified atom stereocenters. The summed E-state index contributed by atoms with van der Waals surface area (Å²) < 4.78 is 5.48. The van der Waals surface area contributed by atoms with Gasteiger partial charge in [0.1, 0.15) is 27.1 Å². The van der Waals surface area contributed by atoms with Gasteiger partial charge in [0, 0.05) is 7.11 Å². The van der Waals surface area contributed by atoms with Gasteiger partial charge >= 0.3 is 0 Å². The van der Waals surface area contributed by atoms with Gasteiger partial charge in [0.25, 0.3) is 11.1 Å². The molecular weight excluding hydrogens is 370 g/mol. The number of thioether (sulfide) groups is 3. The number of carbonyl (C=O) groups excluding carboxylic acids is 2. The molecule has 1 aromatic heterocycles. The lowest BCUT2D eigenvalue weighted by Gasteiger charge is -2.10. The predicted octanol–water partition coefficient (Wildman–Crippen LogP) is 1.93. The molecule has 2 aliphatic heterocycles. The number of nitrogens with zero attached hydrogens (tertiary/aromatic N) is 5. The Labute approximate surface area is 149 Å². The molecule has 0 atom stereocenters. The first-order valence-electron chi connectivity index (χ1n) is 6.43. The van der Waals surface area contributed by atoms with E-state index in [1.54, 1.807) is 0 Å². The zero-order valence-corrected chi connectivity index (χ0v) is 14.5. The summed E-state index contributed by atoms with van der Waals surface area (Å²) in [7, 11) is 1.49. The maximum atomic E-state index is 12.4. The van der Waals surface area contributed by atoms with Crippen molar-refractivity contribution in [1.82, 2.24) is 14.9 Å². The van der Waals surface area contributed by atoms with Crippen molar-refractivity contribution >= 4 is 46.4 Å². The third kappa shape index (κ3) is 2.87. The summed E-state index contributed by atoms with van der Waals surface area (Å²) in [5, 5.41) is 18.6. The van der Waals surface area contributed by atoms with Crippen LogP contribution >= 0.6 is 35.3 Å². The molecule has 8 nitrogen and oxygen atoms in total. The summed E-state index contributed by atoms with van der Waals surface area (Å²) in [5.41, 5.74) is -0.113. The van der Waals surface area contributed by atoms with Gasteiger partial charge in [0.2, 0.25) is 0 Å². The molecule has 2 amide bonds. The fourth-order valence-corrected chi connectivity index (χ4v) is 5.26. The van der Waals surface area contributed by atoms with Crippen LogP contribution in [0.5, 0.6) is 0 Å². The summed E-state index contributed by atoms with van der Waals surface area (Å²) in [6.45, 7) is 0.454. The minimum absolute atomic E-state index is 0.0567. The van der Waals surface area contributed by atoms with E-state index in [0.29, 0.717) is 19.2 Å². The van der Waals surface area contributed by atoms with Crippen LogP contribution < -0.4 is 0 Å². The summed E-state index contributed by atoms with van der Waals surface area (Å²) >= 11 is 3.20. The van der Waals surface area contributed by atoms with Crippen molar-refractivity contribution < 1.29 is 14.3 Å². The SMILES string of the molecule is COCCN1C(=O)SC(=C2Sc3nc(C#N)c(C#N)nc3S2)C1=O. The van der Waals surface area contributed by atoms with E-state index in [-0.39, 0.29) is 35.7 Å². The fraction of sp³-hybridized carbons (Fsp3) is 0.231. The molecule has 0 N–H and O–H groups in total. The molecule has 0 saturated carbocycles. The van der Waals surface area contributed by atoms with Crippen LogP contribution in [0.2, 0.25) is 0 Å². The molecule has 0 bridgehead atoms. The first-order chi connectivity index (χ1) is 11.6. The monoisotopic (exact) mass is 377 g/mol. The van der Waals surface area contributed by atoms with E-state index in [0.717, 1.165) is 16.7 Å². The first kappa shape index (κ1) is 16.8. The maximum Gasteiger partial charge on any atom is 0.293 e. The largest absolute Gasteiger partial charge is 0.383 e. The van der Waals surface area contributed by atoms with E-state index in [4.69, 9.17) is 15.3 Å². The Bertz CT molecular complexity index is 826. The lowest BCUT2D eigenvalue weighted by Crippen LogP contribution is -2.31. The van der Waals surface area contributed by atoms with Crippen LogP contribution in [0.3, 0.4) is 0 Å². The fourth-order valence-electron chi connectivity index (χ4n) is 1.88. The van der Waals surface area contributed by atoms with Crippen LogP contribution in [0.25, 0.3) is 0 Å². The lowest BCUT2D eigenvalue weighted by atomic mass is 10.3. The molecule has 11 heteroatoms. The van der Waals surface area contributed by atoms with Gasteiger partial charge in [-0.1, -0.05) is 23.5 Å². The molecule has 1 aromatic rings. The second-order valence-corrected chi connectivity index (χ2v) is 7.61. The van der Waals surface area contributed by atoms with Gasteiger partial charge in [-0.3, -0.25) is 14.5 Å². The molecule has 120 valence electrons. The zero-order chi connectivity index (χ0) is 17.3. The maximum absolute atomic E-state index is 12.4. The van der Waals surface area contributed by atoms with Crippen LogP contribution in [-0.2, 0) is 9.53 Å². The molecule has 3 heterocycles. The van der Waals surface area contributed by atoms with E-state index < -0.39 is 0 Å². The highest BCUT2D eigenvalue weighted by Crippen LogP contribution is 2.53. The third-order valence-electron chi connectivity index (χ3n) is 2.98. The summed E-state index contributed by atoms with van der Waals surface area (Å²) in [6.07, 6.45) is 0. The van der Waals surface area contributed by atoms with Crippen LogP contribution in [-0.4, -0.2) is 46.3 Å². The Hall–Kier alpha value is -2.05. The molecule has 0 radical (unpaired) electrons. The number of rotatable bonds is 3. The molecule has 24 heavy (non-hydrogen) atoms. The Morgan fingerprint density at radius 2 is 1.67 bits per heavy atom. The predicted molar refractivity (Wildman–Crippen MR) is 86.8 cm³/mol. The van der Waals surface area contributed by atoms with Crippen molar-refractivity contribution in [2.75, 3.05) is 20.3 Å². The standard InChI is InChI=1S/C13H7N5O3S3/c1-21-3-2-18-11(19)8(22-13(18)20)12-23-9-10(24-12)17-7(5-15)6(4-14)16-9/h2-3H2,1H3. The van der Waals surface area contributed by atoms with Gasteiger partial charge in [-0.25, -0.2) is 9.97 Å². The number of nitriles is 2. The molecule has 0 aliphatic carbocycles. The molecule has 1 fully saturated rings. The second kappa shape index (κ2) is 6.83. The number of hydrogen-bond donors (Lipinski definition) is 0. The number of amides is 2. The van der Waals surface area contributed by atoms with Crippen LogP contribution in [0.15, 0.2) is 19.2 Å². The number of aromatic nitrogens is 2. The zero-order valence-electron chi connectivity index (χ0n) is 12.1. The summed E-state index contributed by atoms with van der Waals surface area (Å²) in [6, 6.07) is 3.65.